The number of aliphatic imine (C=N–C) groups is 1. The van der Waals surface area contributed by atoms with E-state index in [0.29, 0.717) is 0 Å². The normalized spacial score (nSPS) is 20.8. The molecule has 0 spiro atoms. The molecule has 1 heterocycles. The number of nitrogens with zero attached hydrogens (tertiary/aromatic N) is 2. The van der Waals surface area contributed by atoms with E-state index in [2.05, 4.69) is 39.2 Å². The Morgan fingerprint density at radius 3 is 2.23 bits per heavy atom. The van der Waals surface area contributed by atoms with Gasteiger partial charge >= 0.3 is 6.09 Å². The summed E-state index contributed by atoms with van der Waals surface area (Å²) in [7, 11) is -5.17. The molecule has 1 N–H and O–H groups in total. The van der Waals surface area contributed by atoms with Crippen LogP contribution in [0.25, 0.3) is 0 Å². The number of guanidine groups is 1. The van der Waals surface area contributed by atoms with Gasteiger partial charge in [0.05, 0.1) is 13.2 Å². The first kappa shape index (κ1) is 34.7. The number of benzene rings is 2. The summed E-state index contributed by atoms with van der Waals surface area (Å²) in [5.41, 5.74) is -1.70. The molecule has 0 aromatic heterocycles. The molecule has 0 bridgehead atoms. The van der Waals surface area contributed by atoms with E-state index in [1.165, 1.54) is 25.2 Å². The third-order valence-corrected chi connectivity index (χ3v) is 14.7. The predicted molar refractivity (Wildman–Crippen MR) is 169 cm³/mol. The lowest BCUT2D eigenvalue weighted by atomic mass is 9.85. The average molecular weight is 636 g/mol. The number of alkyl carbamates (subject to hydrolysis) is 1. The molecule has 0 saturated carbocycles. The van der Waals surface area contributed by atoms with Crippen molar-refractivity contribution in [2.45, 2.75) is 89.1 Å². The molecule has 12 heteroatoms. The van der Waals surface area contributed by atoms with Crippen LogP contribution in [0.5, 0.6) is 0 Å². The molecule has 0 fully saturated rings. The second-order valence-corrected chi connectivity index (χ2v) is 20.3. The molecule has 1 aliphatic rings. The summed E-state index contributed by atoms with van der Waals surface area (Å²) >= 11 is 0. The van der Waals surface area contributed by atoms with Crippen LogP contribution in [0.4, 0.5) is 9.18 Å². The number of hydrogen-bond acceptors (Lipinski definition) is 7. The monoisotopic (exact) mass is 635 g/mol. The molecule has 2 unspecified atom stereocenters. The summed E-state index contributed by atoms with van der Waals surface area (Å²) in [5, 5.41) is 1.12. The van der Waals surface area contributed by atoms with E-state index in [0.717, 1.165) is 9.87 Å². The van der Waals surface area contributed by atoms with Crippen molar-refractivity contribution in [1.82, 2.24) is 9.62 Å². The minimum Gasteiger partial charge on any atom is -0.444 e. The van der Waals surface area contributed by atoms with E-state index in [1.54, 1.807) is 26.8 Å². The van der Waals surface area contributed by atoms with Gasteiger partial charge in [-0.15, -0.1) is 0 Å². The van der Waals surface area contributed by atoms with E-state index < -0.39 is 46.6 Å². The molecule has 0 saturated heterocycles. The average Bonchev–Trinajstić information content (AvgIpc) is 2.88. The molecule has 43 heavy (non-hydrogen) atoms. The van der Waals surface area contributed by atoms with E-state index >= 15 is 4.39 Å². The number of halogens is 1. The van der Waals surface area contributed by atoms with Crippen molar-refractivity contribution in [3.8, 4) is 0 Å². The fraction of sp³-hybridized carbons (Fsp3) is 0.548. The maximum absolute atomic E-state index is 15.7. The summed E-state index contributed by atoms with van der Waals surface area (Å²) in [6.45, 7) is 15.5. The maximum atomic E-state index is 15.7. The number of carbonyl (C=O) groups excluding carboxylic acids is 1. The molecule has 3 rings (SSSR count). The quantitative estimate of drug-likeness (QED) is 0.330. The number of carbonyl (C=O) groups is 1. The van der Waals surface area contributed by atoms with Crippen LogP contribution in [0, 0.1) is 5.82 Å². The Kier molecular flexibility index (Phi) is 10.5. The van der Waals surface area contributed by atoms with Crippen LogP contribution in [-0.4, -0.2) is 64.2 Å². The topological polar surface area (TPSA) is 107 Å². The molecule has 9 nitrogen and oxygen atoms in total. The Morgan fingerprint density at radius 2 is 1.65 bits per heavy atom. The van der Waals surface area contributed by atoms with Gasteiger partial charge in [-0.05, 0) is 57.0 Å². The zero-order chi connectivity index (χ0) is 32.3. The van der Waals surface area contributed by atoms with Crippen LogP contribution in [0.2, 0.25) is 18.1 Å². The fourth-order valence-electron chi connectivity index (χ4n) is 4.56. The number of ether oxygens (including phenoxy) is 2. The highest BCUT2D eigenvalue weighted by atomic mass is 32.2. The van der Waals surface area contributed by atoms with E-state index in [4.69, 9.17) is 18.9 Å². The first-order valence-electron chi connectivity index (χ1n) is 14.4. The molecule has 0 aliphatic carbocycles. The van der Waals surface area contributed by atoms with E-state index in [1.807, 2.05) is 30.3 Å². The lowest BCUT2D eigenvalue weighted by molar-refractivity contribution is 0.0545. The number of hydrogen-bond donors (Lipinski definition) is 1. The first-order valence-corrected chi connectivity index (χ1v) is 18.8. The van der Waals surface area contributed by atoms with Gasteiger partial charge in [0.15, 0.2) is 8.32 Å². The van der Waals surface area contributed by atoms with Gasteiger partial charge < -0.3 is 13.9 Å². The largest absolute Gasteiger partial charge is 0.444 e. The van der Waals surface area contributed by atoms with Crippen LogP contribution >= 0.6 is 0 Å². The van der Waals surface area contributed by atoms with Gasteiger partial charge in [-0.3, -0.25) is 5.32 Å². The van der Waals surface area contributed by atoms with Gasteiger partial charge in [0.25, 0.3) is 0 Å². The van der Waals surface area contributed by atoms with Gasteiger partial charge in [-0.2, -0.15) is 0 Å². The van der Waals surface area contributed by atoms with Crippen molar-refractivity contribution in [3.63, 3.8) is 0 Å². The summed E-state index contributed by atoms with van der Waals surface area (Å²) in [4.78, 5) is 17.6. The standard InChI is InChI=1S/C31H46FN3O6SSi/c1-29(2,3)41-28(36)33-27-34-31(24-17-13-14-18-25(24)32,22-39-21-23-15-11-10-12-16-23)26(42(37,38)35(27)7)19-20-40-43(8,9)30(4,5)6/h10-18,26H,19-22H2,1-9H3,(H,33,34,36). The van der Waals surface area contributed by atoms with Crippen LogP contribution < -0.4 is 5.32 Å². The van der Waals surface area contributed by atoms with Crippen LogP contribution in [0.15, 0.2) is 59.6 Å². The highest BCUT2D eigenvalue weighted by molar-refractivity contribution is 7.90. The molecular formula is C31H46FN3O6SSi. The van der Waals surface area contributed by atoms with Crippen molar-refractivity contribution in [2.75, 3.05) is 20.3 Å². The van der Waals surface area contributed by atoms with Gasteiger partial charge in [-0.25, -0.2) is 26.9 Å². The Labute approximate surface area is 257 Å². The van der Waals surface area contributed by atoms with Crippen LogP contribution in [0.1, 0.15) is 59.1 Å². The minimum atomic E-state index is -4.24. The second-order valence-electron chi connectivity index (χ2n) is 13.3. The second kappa shape index (κ2) is 13.1. The van der Waals surface area contributed by atoms with Crippen molar-refractivity contribution in [1.29, 1.82) is 0 Å². The predicted octanol–water partition coefficient (Wildman–Crippen LogP) is 6.17. The molecule has 2 aromatic rings. The first-order chi connectivity index (χ1) is 19.8. The van der Waals surface area contributed by atoms with Crippen molar-refractivity contribution < 1.29 is 31.5 Å². The Morgan fingerprint density at radius 1 is 1.05 bits per heavy atom. The summed E-state index contributed by atoms with van der Waals surface area (Å²) in [5.74, 6) is -0.927. The summed E-state index contributed by atoms with van der Waals surface area (Å²) in [6, 6.07) is 15.3. The summed E-state index contributed by atoms with van der Waals surface area (Å²) in [6.07, 6.45) is -0.869. The SMILES string of the molecule is CN1C(NC(=O)OC(C)(C)C)=NC(COCc2ccccc2)(c2ccccc2F)C(CCO[Si](C)(C)C(C)(C)C)S1(=O)=O. The van der Waals surface area contributed by atoms with E-state index in [9.17, 15) is 13.2 Å². The molecule has 1 amide bonds. The van der Waals surface area contributed by atoms with Crippen LogP contribution in [0.3, 0.4) is 0 Å². The maximum Gasteiger partial charge on any atom is 0.414 e. The van der Waals surface area contributed by atoms with Crippen molar-refractivity contribution >= 4 is 30.4 Å². The zero-order valence-electron chi connectivity index (χ0n) is 26.7. The molecule has 238 valence electrons. The van der Waals surface area contributed by atoms with E-state index in [-0.39, 0.29) is 42.8 Å². The molecule has 2 atom stereocenters. The van der Waals surface area contributed by atoms with Crippen LogP contribution in [-0.2, 0) is 36.1 Å². The highest BCUT2D eigenvalue weighted by Gasteiger charge is 2.55. The Balaban J connectivity index is 2.15. The number of nitrogens with one attached hydrogen (secondary N) is 1. The number of rotatable bonds is 9. The molecular weight excluding hydrogens is 590 g/mol. The Bertz CT molecular complexity index is 1410. The fourth-order valence-corrected chi connectivity index (χ4v) is 7.47. The third-order valence-electron chi connectivity index (χ3n) is 7.91. The lowest BCUT2D eigenvalue weighted by Crippen LogP contribution is -2.61. The Hall–Kier alpha value is -2.80. The van der Waals surface area contributed by atoms with Gasteiger partial charge in [0, 0.05) is 19.2 Å². The molecule has 2 aromatic carbocycles. The van der Waals surface area contributed by atoms with Gasteiger partial charge in [0.1, 0.15) is 22.2 Å². The van der Waals surface area contributed by atoms with Crippen molar-refractivity contribution in [2.24, 2.45) is 4.99 Å². The highest BCUT2D eigenvalue weighted by Crippen LogP contribution is 2.43. The number of sulfonamides is 1. The van der Waals surface area contributed by atoms with Gasteiger partial charge in [-0.1, -0.05) is 69.3 Å². The summed E-state index contributed by atoms with van der Waals surface area (Å²) < 4.78 is 63.1. The number of amides is 1. The lowest BCUT2D eigenvalue weighted by Gasteiger charge is -2.44. The minimum absolute atomic E-state index is 0.0193. The molecule has 0 radical (unpaired) electrons. The van der Waals surface area contributed by atoms with Crippen molar-refractivity contribution in [3.05, 3.63) is 71.5 Å². The smallest absolute Gasteiger partial charge is 0.414 e. The zero-order valence-corrected chi connectivity index (χ0v) is 28.5. The van der Waals surface area contributed by atoms with Gasteiger partial charge in [0.2, 0.25) is 16.0 Å². The molecule has 1 aliphatic heterocycles. The third kappa shape index (κ3) is 8.23.